The summed E-state index contributed by atoms with van der Waals surface area (Å²) in [6, 6.07) is 9.19. The molecule has 8 nitrogen and oxygen atoms in total. The van der Waals surface area contributed by atoms with Crippen LogP contribution in [0.15, 0.2) is 42.5 Å². The first-order chi connectivity index (χ1) is 19.9. The van der Waals surface area contributed by atoms with Crippen molar-refractivity contribution in [1.29, 1.82) is 0 Å². The second-order valence-electron chi connectivity index (χ2n) is 11.2. The fourth-order valence-corrected chi connectivity index (χ4v) is 5.50. The average molecular weight is 588 g/mol. The molecule has 1 aromatic heterocycles. The zero-order valence-electron chi connectivity index (χ0n) is 22.6. The molecular weight excluding hydrogens is 558 g/mol. The van der Waals surface area contributed by atoms with Crippen LogP contribution in [-0.2, 0) is 17.6 Å². The molecule has 2 aromatic carbocycles. The molecule has 2 saturated carbocycles. The lowest BCUT2D eigenvalue weighted by atomic mass is 9.81. The predicted molar refractivity (Wildman–Crippen MR) is 143 cm³/mol. The molecule has 3 aliphatic rings. The van der Waals surface area contributed by atoms with Crippen molar-refractivity contribution in [3.8, 4) is 28.5 Å². The summed E-state index contributed by atoms with van der Waals surface area (Å²) in [5, 5.41) is 12.4. The largest absolute Gasteiger partial charge is 0.493 e. The van der Waals surface area contributed by atoms with Crippen LogP contribution in [0.4, 0.5) is 17.6 Å². The summed E-state index contributed by atoms with van der Waals surface area (Å²) in [5.41, 5.74) is 6.96. The first-order valence-electron chi connectivity index (χ1n) is 13.5. The number of aromatic nitrogens is 1. The van der Waals surface area contributed by atoms with Gasteiger partial charge in [-0.1, -0.05) is 0 Å². The number of rotatable bonds is 9. The number of methoxy groups -OCH3 is 1. The highest BCUT2D eigenvalue weighted by molar-refractivity contribution is 5.95. The van der Waals surface area contributed by atoms with E-state index in [1.807, 2.05) is 0 Å². The van der Waals surface area contributed by atoms with Crippen LogP contribution in [0.25, 0.3) is 11.3 Å². The SMILES string of the molecule is COc1c(OC2CC2)ccc(C(N)=O)c1C[C@@](O)(c1cc2c(c(-c3ccc(F)cc3)n1)OC[C@@]2(N)C(F)(F)F)C1CC1. The number of carbonyl (C=O) groups excluding carboxylic acids is 1. The number of aliphatic hydroxyl groups is 1. The Balaban J connectivity index is 1.55. The molecule has 0 radical (unpaired) electrons. The van der Waals surface area contributed by atoms with Gasteiger partial charge in [0.25, 0.3) is 0 Å². The zero-order valence-corrected chi connectivity index (χ0v) is 22.6. The molecule has 222 valence electrons. The minimum absolute atomic E-state index is 0.00909. The minimum Gasteiger partial charge on any atom is -0.493 e. The van der Waals surface area contributed by atoms with E-state index in [2.05, 4.69) is 4.98 Å². The van der Waals surface area contributed by atoms with Gasteiger partial charge in [0.2, 0.25) is 5.91 Å². The third-order valence-corrected chi connectivity index (χ3v) is 8.18. The maximum Gasteiger partial charge on any atom is 0.414 e. The average Bonchev–Trinajstić information content (AvgIpc) is 3.87. The first kappa shape index (κ1) is 28.2. The summed E-state index contributed by atoms with van der Waals surface area (Å²) in [4.78, 5) is 17.1. The Hall–Kier alpha value is -3.90. The maximum atomic E-state index is 14.3. The predicted octanol–water partition coefficient (Wildman–Crippen LogP) is 4.49. The third kappa shape index (κ3) is 4.72. The Morgan fingerprint density at radius 1 is 1.14 bits per heavy atom. The molecular formula is C30H29F4N3O5. The number of pyridine rings is 1. The van der Waals surface area contributed by atoms with Gasteiger partial charge in [-0.2, -0.15) is 13.2 Å². The lowest BCUT2D eigenvalue weighted by Gasteiger charge is -2.32. The number of fused-ring (bicyclic) bond motifs is 1. The molecule has 6 rings (SSSR count). The van der Waals surface area contributed by atoms with E-state index in [-0.39, 0.29) is 52.1 Å². The monoisotopic (exact) mass is 587 g/mol. The number of carbonyl (C=O) groups is 1. The highest BCUT2D eigenvalue weighted by atomic mass is 19.4. The van der Waals surface area contributed by atoms with Gasteiger partial charge in [0.1, 0.15) is 23.7 Å². The van der Waals surface area contributed by atoms with Crippen LogP contribution in [0.1, 0.15) is 52.9 Å². The molecule has 2 aliphatic carbocycles. The number of primary amides is 1. The lowest BCUT2D eigenvalue weighted by molar-refractivity contribution is -0.191. The molecule has 2 fully saturated rings. The van der Waals surface area contributed by atoms with Crippen LogP contribution < -0.4 is 25.7 Å². The van der Waals surface area contributed by atoms with E-state index in [1.54, 1.807) is 6.07 Å². The van der Waals surface area contributed by atoms with E-state index in [1.165, 1.54) is 25.3 Å². The highest BCUT2D eigenvalue weighted by Gasteiger charge is 2.60. The number of alkyl halides is 3. The van der Waals surface area contributed by atoms with E-state index in [0.29, 0.717) is 18.6 Å². The van der Waals surface area contributed by atoms with Gasteiger partial charge in [-0.15, -0.1) is 0 Å². The second-order valence-corrected chi connectivity index (χ2v) is 11.2. The molecule has 0 spiro atoms. The molecule has 0 unspecified atom stereocenters. The van der Waals surface area contributed by atoms with E-state index < -0.39 is 47.1 Å². The van der Waals surface area contributed by atoms with Crippen LogP contribution in [0.2, 0.25) is 0 Å². The van der Waals surface area contributed by atoms with Gasteiger partial charge >= 0.3 is 6.18 Å². The standard InChI is InChI=1S/C30H29F4N3O5/c1-40-25-20(19(27(35)38)10-11-22(25)42-18-8-9-18)13-28(39,16-4-5-16)23-12-21-26(41-14-29(21,36)30(32,33)34)24(37-23)15-2-6-17(31)7-3-15/h2-3,6-7,10-12,16,18,39H,4-5,8-9,13-14,36H2,1H3,(H2,35,38)/t28-,29-/m0/s1. The number of hydrogen-bond donors (Lipinski definition) is 3. The van der Waals surface area contributed by atoms with Crippen molar-refractivity contribution >= 4 is 5.91 Å². The Labute approximate surface area is 238 Å². The molecule has 12 heteroatoms. The van der Waals surface area contributed by atoms with E-state index in [4.69, 9.17) is 25.7 Å². The lowest BCUT2D eigenvalue weighted by Crippen LogP contribution is -2.52. The van der Waals surface area contributed by atoms with E-state index >= 15 is 0 Å². The summed E-state index contributed by atoms with van der Waals surface area (Å²) in [7, 11) is 1.39. The van der Waals surface area contributed by atoms with Gasteiger partial charge in [-0.05, 0) is 74.1 Å². The molecule has 42 heavy (non-hydrogen) atoms. The third-order valence-electron chi connectivity index (χ3n) is 8.18. The summed E-state index contributed by atoms with van der Waals surface area (Å²) in [6.45, 7) is -0.896. The number of ether oxygens (including phenoxy) is 3. The van der Waals surface area contributed by atoms with Crippen molar-refractivity contribution in [3.05, 3.63) is 70.7 Å². The first-order valence-corrected chi connectivity index (χ1v) is 13.5. The van der Waals surface area contributed by atoms with E-state index in [0.717, 1.165) is 31.0 Å². The zero-order chi connectivity index (χ0) is 30.0. The van der Waals surface area contributed by atoms with Crippen LogP contribution in [0.5, 0.6) is 17.2 Å². The molecule has 5 N–H and O–H groups in total. The van der Waals surface area contributed by atoms with Crippen LogP contribution >= 0.6 is 0 Å². The molecule has 3 aromatic rings. The molecule has 1 amide bonds. The summed E-state index contributed by atoms with van der Waals surface area (Å²) in [5.74, 6) is -1.38. The Kier molecular flexibility index (Phi) is 6.61. The molecule has 0 saturated heterocycles. The van der Waals surface area contributed by atoms with Gasteiger partial charge in [-0.25, -0.2) is 9.37 Å². The Bertz CT molecular complexity index is 1560. The van der Waals surface area contributed by atoms with Crippen molar-refractivity contribution in [3.63, 3.8) is 0 Å². The van der Waals surface area contributed by atoms with Gasteiger partial charge < -0.3 is 30.8 Å². The topological polar surface area (TPSA) is 130 Å². The van der Waals surface area contributed by atoms with Gasteiger partial charge in [0.15, 0.2) is 22.8 Å². The quantitative estimate of drug-likeness (QED) is 0.315. The van der Waals surface area contributed by atoms with Gasteiger partial charge in [-0.3, -0.25) is 4.79 Å². The molecule has 0 bridgehead atoms. The molecule has 1 aliphatic heterocycles. The van der Waals surface area contributed by atoms with Crippen LogP contribution in [-0.4, -0.2) is 42.0 Å². The van der Waals surface area contributed by atoms with Gasteiger partial charge in [0, 0.05) is 28.7 Å². The fourth-order valence-electron chi connectivity index (χ4n) is 5.50. The van der Waals surface area contributed by atoms with Crippen LogP contribution in [0.3, 0.4) is 0 Å². The second kappa shape index (κ2) is 9.84. The van der Waals surface area contributed by atoms with Crippen molar-refractivity contribution in [2.75, 3.05) is 13.7 Å². The number of benzene rings is 2. The minimum atomic E-state index is -4.90. The molecule has 2 atom stereocenters. The number of halogens is 4. The smallest absolute Gasteiger partial charge is 0.414 e. The van der Waals surface area contributed by atoms with Gasteiger partial charge in [0.05, 0.1) is 18.9 Å². The number of nitrogens with zero attached hydrogens (tertiary/aromatic N) is 1. The van der Waals surface area contributed by atoms with E-state index in [9.17, 15) is 27.5 Å². The maximum absolute atomic E-state index is 14.3. The Morgan fingerprint density at radius 2 is 1.83 bits per heavy atom. The Morgan fingerprint density at radius 3 is 2.40 bits per heavy atom. The fraction of sp³-hybridized carbons (Fsp3) is 0.400. The normalized spacial score (nSPS) is 21.3. The highest BCUT2D eigenvalue weighted by Crippen LogP contribution is 2.54. The number of nitrogens with two attached hydrogens (primary N) is 2. The summed E-state index contributed by atoms with van der Waals surface area (Å²) in [6.07, 6.45) is -2.35. The number of amides is 1. The molecule has 2 heterocycles. The van der Waals surface area contributed by atoms with Crippen molar-refractivity contribution < 1.29 is 41.7 Å². The number of hydrogen-bond acceptors (Lipinski definition) is 7. The van der Waals surface area contributed by atoms with Crippen molar-refractivity contribution in [2.45, 2.75) is 55.5 Å². The van der Waals surface area contributed by atoms with Crippen molar-refractivity contribution in [1.82, 2.24) is 4.98 Å². The van der Waals surface area contributed by atoms with Crippen molar-refractivity contribution in [2.24, 2.45) is 17.4 Å². The summed E-state index contributed by atoms with van der Waals surface area (Å²) >= 11 is 0. The van der Waals surface area contributed by atoms with Crippen LogP contribution in [0, 0.1) is 11.7 Å². The summed E-state index contributed by atoms with van der Waals surface area (Å²) < 4.78 is 73.8.